The minimum absolute atomic E-state index is 0.112. The maximum absolute atomic E-state index is 11.2. The molecule has 1 aromatic heterocycles. The first kappa shape index (κ1) is 11.5. The van der Waals surface area contributed by atoms with Gasteiger partial charge in [0.15, 0.2) is 0 Å². The Hall–Kier alpha value is -0.940. The standard InChI is InChI=1S/C11H16N2O2S/c1-8(10-12-5-7-16-10)13-6-3-2-4-9(13)11(14)15/h5,7-9H,2-4,6H2,1H3,(H,14,15)/t8-,9-/m1/s1. The Bertz CT molecular complexity index is 353. The Kier molecular flexibility index (Phi) is 3.56. The number of likely N-dealkylation sites (tertiary alicyclic amines) is 1. The van der Waals surface area contributed by atoms with E-state index in [-0.39, 0.29) is 12.1 Å². The van der Waals surface area contributed by atoms with Crippen molar-refractivity contribution >= 4 is 17.3 Å². The summed E-state index contributed by atoms with van der Waals surface area (Å²) in [6.07, 6.45) is 4.62. The zero-order chi connectivity index (χ0) is 11.5. The molecule has 1 aromatic rings. The molecule has 1 saturated heterocycles. The van der Waals surface area contributed by atoms with Crippen LogP contribution in [-0.4, -0.2) is 33.5 Å². The van der Waals surface area contributed by atoms with Crippen molar-refractivity contribution in [2.24, 2.45) is 0 Å². The molecular weight excluding hydrogens is 224 g/mol. The summed E-state index contributed by atoms with van der Waals surface area (Å²) in [6.45, 7) is 2.90. The SMILES string of the molecule is C[C@H](c1nccs1)N1CCCC[C@@H]1C(=O)O. The van der Waals surface area contributed by atoms with Crippen LogP contribution in [0.3, 0.4) is 0 Å². The highest BCUT2D eigenvalue weighted by molar-refractivity contribution is 7.09. The molecule has 0 saturated carbocycles. The van der Waals surface area contributed by atoms with Gasteiger partial charge in [0, 0.05) is 11.6 Å². The van der Waals surface area contributed by atoms with Gasteiger partial charge in [0.05, 0.1) is 6.04 Å². The second-order valence-electron chi connectivity index (χ2n) is 4.13. The number of carboxylic acid groups (broad SMARTS) is 1. The quantitative estimate of drug-likeness (QED) is 0.879. The van der Waals surface area contributed by atoms with Gasteiger partial charge in [-0.05, 0) is 26.3 Å². The van der Waals surface area contributed by atoms with Gasteiger partial charge >= 0.3 is 5.97 Å². The normalized spacial score (nSPS) is 24.2. The first-order valence-electron chi connectivity index (χ1n) is 5.58. The zero-order valence-electron chi connectivity index (χ0n) is 9.30. The summed E-state index contributed by atoms with van der Waals surface area (Å²) in [4.78, 5) is 17.5. The van der Waals surface area contributed by atoms with Crippen molar-refractivity contribution in [3.63, 3.8) is 0 Å². The Morgan fingerprint density at radius 1 is 1.69 bits per heavy atom. The summed E-state index contributed by atoms with van der Waals surface area (Å²) in [5.74, 6) is -0.705. The Balaban J connectivity index is 2.14. The molecule has 1 fully saturated rings. The number of hydrogen-bond donors (Lipinski definition) is 1. The van der Waals surface area contributed by atoms with Gasteiger partial charge in [0.1, 0.15) is 11.0 Å². The van der Waals surface area contributed by atoms with Crippen LogP contribution in [0.25, 0.3) is 0 Å². The van der Waals surface area contributed by atoms with E-state index < -0.39 is 5.97 Å². The molecule has 2 atom stereocenters. The third-order valence-electron chi connectivity index (χ3n) is 3.14. The topological polar surface area (TPSA) is 53.4 Å². The van der Waals surface area contributed by atoms with Crippen LogP contribution >= 0.6 is 11.3 Å². The summed E-state index contributed by atoms with van der Waals surface area (Å²) < 4.78 is 0. The van der Waals surface area contributed by atoms with E-state index in [1.165, 1.54) is 0 Å². The van der Waals surface area contributed by atoms with Crippen LogP contribution in [0.1, 0.15) is 37.2 Å². The highest BCUT2D eigenvalue weighted by Gasteiger charge is 2.32. The molecule has 1 N–H and O–H groups in total. The molecule has 1 aliphatic heterocycles. The Morgan fingerprint density at radius 2 is 2.50 bits per heavy atom. The summed E-state index contributed by atoms with van der Waals surface area (Å²) in [6, 6.07) is -0.228. The van der Waals surface area contributed by atoms with Gasteiger partial charge in [-0.2, -0.15) is 0 Å². The van der Waals surface area contributed by atoms with E-state index >= 15 is 0 Å². The van der Waals surface area contributed by atoms with Crippen LogP contribution < -0.4 is 0 Å². The fourth-order valence-corrected chi connectivity index (χ4v) is 2.98. The first-order valence-corrected chi connectivity index (χ1v) is 6.46. The van der Waals surface area contributed by atoms with Crippen molar-refractivity contribution in [1.29, 1.82) is 0 Å². The van der Waals surface area contributed by atoms with Crippen molar-refractivity contribution in [1.82, 2.24) is 9.88 Å². The van der Waals surface area contributed by atoms with Crippen LogP contribution in [0.2, 0.25) is 0 Å². The number of rotatable bonds is 3. The van der Waals surface area contributed by atoms with Gasteiger partial charge in [0.2, 0.25) is 0 Å². The van der Waals surface area contributed by atoms with Crippen molar-refractivity contribution in [2.75, 3.05) is 6.54 Å². The molecule has 0 amide bonds. The first-order chi connectivity index (χ1) is 7.70. The number of hydrogen-bond acceptors (Lipinski definition) is 4. The number of carbonyl (C=O) groups is 1. The summed E-state index contributed by atoms with van der Waals surface area (Å²) >= 11 is 1.59. The number of aromatic nitrogens is 1. The van der Waals surface area contributed by atoms with E-state index in [1.807, 2.05) is 12.3 Å². The molecule has 0 bridgehead atoms. The minimum atomic E-state index is -0.705. The number of carboxylic acids is 1. The fourth-order valence-electron chi connectivity index (χ4n) is 2.27. The molecule has 0 spiro atoms. The fraction of sp³-hybridized carbons (Fsp3) is 0.636. The minimum Gasteiger partial charge on any atom is -0.480 e. The lowest BCUT2D eigenvalue weighted by atomic mass is 10.0. The predicted octanol–water partition coefficient (Wildman–Crippen LogP) is 2.14. The van der Waals surface area contributed by atoms with Gasteiger partial charge in [-0.3, -0.25) is 9.69 Å². The molecule has 1 aliphatic rings. The number of piperidine rings is 1. The molecule has 2 rings (SSSR count). The molecule has 0 aliphatic carbocycles. The number of thiazole rings is 1. The average Bonchev–Trinajstić information content (AvgIpc) is 2.81. The molecule has 5 heteroatoms. The van der Waals surface area contributed by atoms with E-state index in [0.29, 0.717) is 0 Å². The molecule has 16 heavy (non-hydrogen) atoms. The summed E-state index contributed by atoms with van der Waals surface area (Å²) in [7, 11) is 0. The van der Waals surface area contributed by atoms with Gasteiger partial charge in [-0.1, -0.05) is 6.42 Å². The number of aliphatic carboxylic acids is 1. The summed E-state index contributed by atoms with van der Waals surface area (Å²) in [5, 5.41) is 12.1. The lowest BCUT2D eigenvalue weighted by molar-refractivity contribution is -0.145. The van der Waals surface area contributed by atoms with Crippen molar-refractivity contribution in [2.45, 2.75) is 38.3 Å². The highest BCUT2D eigenvalue weighted by atomic mass is 32.1. The highest BCUT2D eigenvalue weighted by Crippen LogP contribution is 2.29. The monoisotopic (exact) mass is 240 g/mol. The molecule has 4 nitrogen and oxygen atoms in total. The molecule has 0 radical (unpaired) electrons. The second-order valence-corrected chi connectivity index (χ2v) is 5.06. The maximum Gasteiger partial charge on any atom is 0.320 e. The summed E-state index contributed by atoms with van der Waals surface area (Å²) in [5.41, 5.74) is 0. The second kappa shape index (κ2) is 4.93. The van der Waals surface area contributed by atoms with Crippen molar-refractivity contribution in [3.8, 4) is 0 Å². The van der Waals surface area contributed by atoms with Crippen LogP contribution in [0.4, 0.5) is 0 Å². The molecule has 0 unspecified atom stereocenters. The largest absolute Gasteiger partial charge is 0.480 e. The van der Waals surface area contributed by atoms with Crippen molar-refractivity contribution in [3.05, 3.63) is 16.6 Å². The van der Waals surface area contributed by atoms with E-state index in [2.05, 4.69) is 9.88 Å². The van der Waals surface area contributed by atoms with Crippen LogP contribution in [0, 0.1) is 0 Å². The van der Waals surface area contributed by atoms with Gasteiger partial charge in [0.25, 0.3) is 0 Å². The third kappa shape index (κ3) is 2.25. The Labute approximate surface area is 98.9 Å². The predicted molar refractivity (Wildman–Crippen MR) is 62.5 cm³/mol. The third-order valence-corrected chi connectivity index (χ3v) is 4.08. The van der Waals surface area contributed by atoms with Crippen LogP contribution in [0.15, 0.2) is 11.6 Å². The molecule has 2 heterocycles. The van der Waals surface area contributed by atoms with E-state index in [4.69, 9.17) is 0 Å². The van der Waals surface area contributed by atoms with Crippen LogP contribution in [0.5, 0.6) is 0 Å². The van der Waals surface area contributed by atoms with E-state index in [9.17, 15) is 9.90 Å². The van der Waals surface area contributed by atoms with Crippen molar-refractivity contribution < 1.29 is 9.90 Å². The maximum atomic E-state index is 11.2. The van der Waals surface area contributed by atoms with E-state index in [1.54, 1.807) is 17.5 Å². The molecule has 0 aromatic carbocycles. The Morgan fingerprint density at radius 3 is 3.12 bits per heavy atom. The van der Waals surface area contributed by atoms with Gasteiger partial charge in [-0.15, -0.1) is 11.3 Å². The molecular formula is C11H16N2O2S. The lowest BCUT2D eigenvalue weighted by Crippen LogP contribution is -2.45. The van der Waals surface area contributed by atoms with Gasteiger partial charge < -0.3 is 5.11 Å². The lowest BCUT2D eigenvalue weighted by Gasteiger charge is -2.36. The van der Waals surface area contributed by atoms with Gasteiger partial charge in [-0.25, -0.2) is 4.98 Å². The smallest absolute Gasteiger partial charge is 0.320 e. The zero-order valence-corrected chi connectivity index (χ0v) is 10.1. The molecule has 88 valence electrons. The van der Waals surface area contributed by atoms with Crippen LogP contribution in [-0.2, 0) is 4.79 Å². The average molecular weight is 240 g/mol. The van der Waals surface area contributed by atoms with E-state index in [0.717, 1.165) is 30.8 Å². The number of nitrogens with zero attached hydrogens (tertiary/aromatic N) is 2.